The van der Waals surface area contributed by atoms with Crippen LogP contribution in [0.4, 0.5) is 0 Å². The number of pyridine rings is 1. The highest BCUT2D eigenvalue weighted by Crippen LogP contribution is 2.42. The van der Waals surface area contributed by atoms with Gasteiger partial charge in [0.1, 0.15) is 11.2 Å². The van der Waals surface area contributed by atoms with Crippen molar-refractivity contribution in [1.82, 2.24) is 15.0 Å². The number of rotatable bonds is 5. The average Bonchev–Trinajstić information content (AvgIpc) is 3.70. The van der Waals surface area contributed by atoms with Gasteiger partial charge in [0.2, 0.25) is 0 Å². The Morgan fingerprint density at radius 3 is 1.71 bits per heavy atom. The zero-order valence-electron chi connectivity index (χ0n) is 31.8. The molecule has 0 saturated carbocycles. The number of hydrogen-bond donors (Lipinski definition) is 0. The van der Waals surface area contributed by atoms with Crippen LogP contribution in [0.15, 0.2) is 205 Å². The largest absolute Gasteiger partial charge is 0.456 e. The Kier molecular flexibility index (Phi) is 7.50. The van der Waals surface area contributed by atoms with E-state index in [4.69, 9.17) is 19.4 Å². The van der Waals surface area contributed by atoms with Crippen LogP contribution < -0.4 is 0 Å². The van der Waals surface area contributed by atoms with Crippen LogP contribution in [0.1, 0.15) is 0 Å². The molecule has 0 saturated heterocycles. The van der Waals surface area contributed by atoms with Crippen LogP contribution in [0.3, 0.4) is 0 Å². The molecule has 0 aliphatic carbocycles. The fourth-order valence-corrected chi connectivity index (χ4v) is 8.89. The summed E-state index contributed by atoms with van der Waals surface area (Å²) in [5.41, 5.74) is 13.1. The summed E-state index contributed by atoms with van der Waals surface area (Å²) < 4.78 is 6.22. The lowest BCUT2D eigenvalue weighted by atomic mass is 9.92. The SMILES string of the molecule is c1ccc(-c2nc(-c3ccc(-c4nc5c(-c6ccc(-c7cccc8oc9ccccc9c78)cc6)cccc5c5c4ccc4ccccc45)cc3)c3ccccc3n2)cc1. The Morgan fingerprint density at radius 1 is 0.305 bits per heavy atom. The van der Waals surface area contributed by atoms with Crippen molar-refractivity contribution in [2.24, 2.45) is 0 Å². The lowest BCUT2D eigenvalue weighted by Gasteiger charge is -2.16. The number of aromatic nitrogens is 3. The first-order chi connectivity index (χ1) is 29.2. The highest BCUT2D eigenvalue weighted by molar-refractivity contribution is 6.24. The molecule has 12 rings (SSSR count). The van der Waals surface area contributed by atoms with Crippen LogP contribution in [0.2, 0.25) is 0 Å². The molecule has 12 aromatic rings. The Balaban J connectivity index is 1.02. The zero-order chi connectivity index (χ0) is 38.9. The summed E-state index contributed by atoms with van der Waals surface area (Å²) >= 11 is 0. The molecule has 0 radical (unpaired) electrons. The Bertz CT molecular complexity index is 3590. The number of benzene rings is 9. The third kappa shape index (κ3) is 5.42. The quantitative estimate of drug-likeness (QED) is 0.164. The summed E-state index contributed by atoms with van der Waals surface area (Å²) in [6.07, 6.45) is 0. The van der Waals surface area contributed by atoms with E-state index < -0.39 is 0 Å². The molecule has 0 fully saturated rings. The molecule has 4 nitrogen and oxygen atoms in total. The number of furan rings is 1. The van der Waals surface area contributed by atoms with Crippen molar-refractivity contribution in [2.45, 2.75) is 0 Å². The highest BCUT2D eigenvalue weighted by atomic mass is 16.3. The van der Waals surface area contributed by atoms with E-state index in [1.54, 1.807) is 0 Å². The van der Waals surface area contributed by atoms with E-state index in [9.17, 15) is 0 Å². The maximum absolute atomic E-state index is 6.22. The summed E-state index contributed by atoms with van der Waals surface area (Å²) in [6, 6.07) is 70.3. The molecule has 274 valence electrons. The Morgan fingerprint density at radius 2 is 0.898 bits per heavy atom. The van der Waals surface area contributed by atoms with Gasteiger partial charge in [0.25, 0.3) is 0 Å². The normalized spacial score (nSPS) is 11.7. The fourth-order valence-electron chi connectivity index (χ4n) is 8.89. The molecule has 59 heavy (non-hydrogen) atoms. The summed E-state index contributed by atoms with van der Waals surface area (Å²) in [4.78, 5) is 15.6. The van der Waals surface area contributed by atoms with Crippen molar-refractivity contribution in [3.8, 4) is 56.2 Å². The van der Waals surface area contributed by atoms with Gasteiger partial charge in [-0.2, -0.15) is 0 Å². The molecule has 9 aromatic carbocycles. The predicted molar refractivity (Wildman–Crippen MR) is 244 cm³/mol. The van der Waals surface area contributed by atoms with E-state index in [1.165, 1.54) is 16.2 Å². The molecule has 0 unspecified atom stereocenters. The molecule has 0 amide bonds. The van der Waals surface area contributed by atoms with Gasteiger partial charge in [-0.15, -0.1) is 0 Å². The van der Waals surface area contributed by atoms with Gasteiger partial charge in [0, 0.05) is 54.6 Å². The monoisotopic (exact) mass is 751 g/mol. The minimum absolute atomic E-state index is 0.713. The topological polar surface area (TPSA) is 51.8 Å². The highest BCUT2D eigenvalue weighted by Gasteiger charge is 2.18. The molecule has 0 atom stereocenters. The van der Waals surface area contributed by atoms with E-state index in [0.717, 1.165) is 99.5 Å². The van der Waals surface area contributed by atoms with Gasteiger partial charge in [-0.05, 0) is 45.7 Å². The summed E-state index contributed by atoms with van der Waals surface area (Å²) in [6.45, 7) is 0. The Labute approximate surface area is 339 Å². The fraction of sp³-hybridized carbons (Fsp3) is 0. The third-order valence-corrected chi connectivity index (χ3v) is 11.7. The van der Waals surface area contributed by atoms with Crippen molar-refractivity contribution >= 4 is 65.3 Å². The second-order valence-electron chi connectivity index (χ2n) is 15.1. The lowest BCUT2D eigenvalue weighted by molar-refractivity contribution is 0.669. The van der Waals surface area contributed by atoms with Crippen LogP contribution in [0.5, 0.6) is 0 Å². The predicted octanol–water partition coefficient (Wildman–Crippen LogP) is 14.7. The van der Waals surface area contributed by atoms with Crippen LogP contribution in [-0.2, 0) is 0 Å². The van der Waals surface area contributed by atoms with Crippen molar-refractivity contribution in [2.75, 3.05) is 0 Å². The molecule has 3 aromatic heterocycles. The van der Waals surface area contributed by atoms with Gasteiger partial charge in [-0.25, -0.2) is 15.0 Å². The summed E-state index contributed by atoms with van der Waals surface area (Å²) in [5.74, 6) is 0.713. The molecular formula is C55H33N3O. The second kappa shape index (κ2) is 13.3. The molecular weight excluding hydrogens is 719 g/mol. The molecule has 0 aliphatic rings. The van der Waals surface area contributed by atoms with Crippen LogP contribution in [0, 0.1) is 0 Å². The first-order valence-electron chi connectivity index (χ1n) is 19.9. The van der Waals surface area contributed by atoms with Crippen LogP contribution >= 0.6 is 0 Å². The lowest BCUT2D eigenvalue weighted by Crippen LogP contribution is -1.96. The molecule has 3 heterocycles. The Hall–Kier alpha value is -7.95. The standard InChI is InChI=1S/C55H33N3O/c1-2-13-39(14-3-1)55-56-47-21-8-6-16-43(47)52(58-55)37-28-30-38(31-29-37)53-46-33-32-34-12-4-5-15-40(34)50(46)45-20-10-19-42(54(45)57-53)36-26-24-35(25-27-36)41-18-11-23-49-51(41)44-17-7-9-22-48(44)59-49/h1-33H. The van der Waals surface area contributed by atoms with Crippen LogP contribution in [0.25, 0.3) is 121 Å². The molecule has 0 spiro atoms. The van der Waals surface area contributed by atoms with E-state index >= 15 is 0 Å². The molecule has 0 N–H and O–H groups in total. The van der Waals surface area contributed by atoms with Crippen molar-refractivity contribution < 1.29 is 4.42 Å². The van der Waals surface area contributed by atoms with Crippen molar-refractivity contribution in [3.05, 3.63) is 200 Å². The minimum atomic E-state index is 0.713. The van der Waals surface area contributed by atoms with Crippen molar-refractivity contribution in [1.29, 1.82) is 0 Å². The number of nitrogens with zero attached hydrogens (tertiary/aromatic N) is 3. The van der Waals surface area contributed by atoms with E-state index in [-0.39, 0.29) is 0 Å². The van der Waals surface area contributed by atoms with Crippen molar-refractivity contribution in [3.63, 3.8) is 0 Å². The van der Waals surface area contributed by atoms with Gasteiger partial charge in [0.15, 0.2) is 5.82 Å². The number of hydrogen-bond acceptors (Lipinski definition) is 4. The first kappa shape index (κ1) is 33.2. The van der Waals surface area contributed by atoms with E-state index in [0.29, 0.717) is 5.82 Å². The summed E-state index contributed by atoms with van der Waals surface area (Å²) in [5, 5.41) is 9.16. The maximum Gasteiger partial charge on any atom is 0.160 e. The van der Waals surface area contributed by atoms with Gasteiger partial charge in [0.05, 0.1) is 22.4 Å². The number of para-hydroxylation sites is 3. The molecule has 0 bridgehead atoms. The molecule has 4 heteroatoms. The second-order valence-corrected chi connectivity index (χ2v) is 15.1. The average molecular weight is 752 g/mol. The third-order valence-electron chi connectivity index (χ3n) is 11.7. The van der Waals surface area contributed by atoms with Gasteiger partial charge in [-0.1, -0.05) is 182 Å². The maximum atomic E-state index is 6.22. The van der Waals surface area contributed by atoms with Gasteiger partial charge >= 0.3 is 0 Å². The van der Waals surface area contributed by atoms with E-state index in [2.05, 4.69) is 152 Å². The summed E-state index contributed by atoms with van der Waals surface area (Å²) in [7, 11) is 0. The first-order valence-corrected chi connectivity index (χ1v) is 19.9. The van der Waals surface area contributed by atoms with Gasteiger partial charge in [-0.3, -0.25) is 0 Å². The smallest absolute Gasteiger partial charge is 0.160 e. The van der Waals surface area contributed by atoms with Gasteiger partial charge < -0.3 is 4.42 Å². The molecule has 0 aliphatic heterocycles. The van der Waals surface area contributed by atoms with E-state index in [1.807, 2.05) is 48.5 Å². The van der Waals surface area contributed by atoms with Crippen LogP contribution in [-0.4, -0.2) is 15.0 Å². The number of fused-ring (bicyclic) bond motifs is 9. The minimum Gasteiger partial charge on any atom is -0.456 e. The zero-order valence-corrected chi connectivity index (χ0v) is 31.8.